The van der Waals surface area contributed by atoms with Crippen LogP contribution < -0.4 is 5.73 Å². The quantitative estimate of drug-likeness (QED) is 0.731. The van der Waals surface area contributed by atoms with Crippen LogP contribution in [-0.4, -0.2) is 11.9 Å². The summed E-state index contributed by atoms with van der Waals surface area (Å²) in [5, 5.41) is 0.275. The fourth-order valence-corrected chi connectivity index (χ4v) is 3.66. The van der Waals surface area contributed by atoms with Crippen LogP contribution in [0.4, 0.5) is 13.2 Å². The molecule has 0 heterocycles. The molecule has 0 fully saturated rings. The van der Waals surface area contributed by atoms with Gasteiger partial charge in [0, 0.05) is 16.0 Å². The SMILES string of the molecule is NCCc1cc(C(F)(F)F)ccc1C1C(Cl)=CC(Cl)=CC1Cl. The molecular formula is C15H13Cl3F3N. The molecule has 0 radical (unpaired) electrons. The van der Waals surface area contributed by atoms with Crippen LogP contribution in [0.5, 0.6) is 0 Å². The van der Waals surface area contributed by atoms with E-state index in [9.17, 15) is 13.2 Å². The number of alkyl halides is 4. The first-order valence-electron chi connectivity index (χ1n) is 6.52. The average Bonchev–Trinajstić information content (AvgIpc) is 2.38. The van der Waals surface area contributed by atoms with Crippen molar-refractivity contribution in [3.05, 3.63) is 57.1 Å². The first-order chi connectivity index (χ1) is 10.2. The maximum Gasteiger partial charge on any atom is 0.416 e. The smallest absolute Gasteiger partial charge is 0.330 e. The van der Waals surface area contributed by atoms with Gasteiger partial charge in [-0.25, -0.2) is 0 Å². The van der Waals surface area contributed by atoms with E-state index in [2.05, 4.69) is 0 Å². The summed E-state index contributed by atoms with van der Waals surface area (Å²) >= 11 is 18.4. The minimum absolute atomic E-state index is 0.228. The van der Waals surface area contributed by atoms with Gasteiger partial charge in [-0.15, -0.1) is 11.6 Å². The van der Waals surface area contributed by atoms with E-state index in [1.165, 1.54) is 6.07 Å². The van der Waals surface area contributed by atoms with Crippen LogP contribution in [0.2, 0.25) is 0 Å². The largest absolute Gasteiger partial charge is 0.416 e. The van der Waals surface area contributed by atoms with Crippen LogP contribution in [-0.2, 0) is 12.6 Å². The molecule has 0 aromatic heterocycles. The molecule has 2 atom stereocenters. The summed E-state index contributed by atoms with van der Waals surface area (Å²) in [6.07, 6.45) is -0.932. The van der Waals surface area contributed by atoms with E-state index in [-0.39, 0.29) is 6.54 Å². The lowest BCUT2D eigenvalue weighted by Gasteiger charge is -2.26. The van der Waals surface area contributed by atoms with Crippen molar-refractivity contribution in [3.8, 4) is 0 Å². The summed E-state index contributed by atoms with van der Waals surface area (Å²) in [7, 11) is 0. The average molecular weight is 371 g/mol. The maximum absolute atomic E-state index is 12.9. The zero-order chi connectivity index (χ0) is 16.5. The van der Waals surface area contributed by atoms with Crippen LogP contribution >= 0.6 is 34.8 Å². The molecule has 0 saturated carbocycles. The summed E-state index contributed by atoms with van der Waals surface area (Å²) in [6.45, 7) is 0.228. The summed E-state index contributed by atoms with van der Waals surface area (Å²) in [4.78, 5) is 0. The molecule has 0 spiro atoms. The molecule has 22 heavy (non-hydrogen) atoms. The van der Waals surface area contributed by atoms with Gasteiger partial charge in [0.1, 0.15) is 0 Å². The fourth-order valence-electron chi connectivity index (χ4n) is 2.45. The van der Waals surface area contributed by atoms with E-state index >= 15 is 0 Å². The van der Waals surface area contributed by atoms with E-state index in [0.717, 1.165) is 12.1 Å². The van der Waals surface area contributed by atoms with Crippen molar-refractivity contribution in [2.24, 2.45) is 5.73 Å². The Bertz CT molecular complexity index is 623. The Morgan fingerprint density at radius 2 is 1.86 bits per heavy atom. The van der Waals surface area contributed by atoms with Gasteiger partial charge in [0.25, 0.3) is 0 Å². The highest BCUT2D eigenvalue weighted by Crippen LogP contribution is 2.42. The second kappa shape index (κ2) is 6.83. The third-order valence-electron chi connectivity index (χ3n) is 3.43. The molecule has 1 aromatic rings. The Labute approximate surface area is 141 Å². The highest BCUT2D eigenvalue weighted by Gasteiger charge is 2.33. The molecule has 1 aliphatic carbocycles. The summed E-state index contributed by atoms with van der Waals surface area (Å²) in [5.74, 6) is -0.435. The molecule has 1 aromatic carbocycles. The second-order valence-corrected chi connectivity index (χ2v) is 6.33. The van der Waals surface area contributed by atoms with Gasteiger partial charge in [0.05, 0.1) is 10.9 Å². The van der Waals surface area contributed by atoms with Gasteiger partial charge in [0.15, 0.2) is 0 Å². The molecular weight excluding hydrogens is 358 g/mol. The normalized spacial score (nSPS) is 22.3. The standard InChI is InChI=1S/C15H13Cl3F3N/c16-10-6-12(17)14(13(18)7-10)11-2-1-9(15(19,20)21)5-8(11)3-4-22/h1-2,5-7,12,14H,3-4,22H2. The van der Waals surface area contributed by atoms with Crippen LogP contribution in [0.15, 0.2) is 40.4 Å². The Balaban J connectivity index is 2.49. The van der Waals surface area contributed by atoms with Crippen LogP contribution in [0.3, 0.4) is 0 Å². The summed E-state index contributed by atoms with van der Waals surface area (Å²) in [5.41, 5.74) is 5.93. The van der Waals surface area contributed by atoms with Crippen molar-refractivity contribution in [2.45, 2.75) is 23.9 Å². The molecule has 0 saturated heterocycles. The van der Waals surface area contributed by atoms with Crippen LogP contribution in [0.25, 0.3) is 0 Å². The van der Waals surface area contributed by atoms with Crippen molar-refractivity contribution in [3.63, 3.8) is 0 Å². The number of halogens is 6. The maximum atomic E-state index is 12.9. The van der Waals surface area contributed by atoms with Gasteiger partial charge in [-0.2, -0.15) is 13.2 Å². The van der Waals surface area contributed by atoms with Gasteiger partial charge in [-0.1, -0.05) is 29.3 Å². The van der Waals surface area contributed by atoms with Crippen molar-refractivity contribution >= 4 is 34.8 Å². The number of benzene rings is 1. The van der Waals surface area contributed by atoms with E-state index in [0.29, 0.717) is 27.6 Å². The highest BCUT2D eigenvalue weighted by molar-refractivity contribution is 6.37. The molecule has 0 bridgehead atoms. The summed E-state index contributed by atoms with van der Waals surface area (Å²) in [6, 6.07) is 3.55. The zero-order valence-corrected chi connectivity index (χ0v) is 13.6. The number of allylic oxidation sites excluding steroid dienone is 4. The first-order valence-corrected chi connectivity index (χ1v) is 7.72. The molecule has 2 N–H and O–H groups in total. The van der Waals surface area contributed by atoms with E-state index < -0.39 is 23.0 Å². The molecule has 120 valence electrons. The van der Waals surface area contributed by atoms with Gasteiger partial charge in [0.2, 0.25) is 0 Å². The molecule has 2 unspecified atom stereocenters. The minimum Gasteiger partial charge on any atom is -0.330 e. The van der Waals surface area contributed by atoms with Crippen molar-refractivity contribution in [1.82, 2.24) is 0 Å². The van der Waals surface area contributed by atoms with E-state index in [1.54, 1.807) is 12.2 Å². The van der Waals surface area contributed by atoms with E-state index in [4.69, 9.17) is 40.5 Å². The number of hydrogen-bond acceptors (Lipinski definition) is 1. The van der Waals surface area contributed by atoms with Gasteiger partial charge in [-0.05, 0) is 48.4 Å². The predicted octanol–water partition coefficient (Wildman–Crippen LogP) is 5.16. The van der Waals surface area contributed by atoms with Gasteiger partial charge in [-0.3, -0.25) is 0 Å². The molecule has 0 amide bonds. The molecule has 1 aliphatic rings. The van der Waals surface area contributed by atoms with Crippen molar-refractivity contribution in [2.75, 3.05) is 6.54 Å². The predicted molar refractivity (Wildman–Crippen MR) is 84.5 cm³/mol. The third-order valence-corrected chi connectivity index (χ3v) is 4.39. The number of rotatable bonds is 3. The second-order valence-electron chi connectivity index (χ2n) is 4.95. The Hall–Kier alpha value is -0.680. The molecule has 0 aliphatic heterocycles. The third kappa shape index (κ3) is 3.80. The van der Waals surface area contributed by atoms with Crippen LogP contribution in [0.1, 0.15) is 22.6 Å². The minimum atomic E-state index is -4.41. The lowest BCUT2D eigenvalue weighted by Crippen LogP contribution is -2.18. The highest BCUT2D eigenvalue weighted by atomic mass is 35.5. The lowest BCUT2D eigenvalue weighted by molar-refractivity contribution is -0.137. The lowest BCUT2D eigenvalue weighted by atomic mass is 9.86. The fraction of sp³-hybridized carbons (Fsp3) is 0.333. The molecule has 7 heteroatoms. The Morgan fingerprint density at radius 3 is 2.41 bits per heavy atom. The van der Waals surface area contributed by atoms with Crippen molar-refractivity contribution < 1.29 is 13.2 Å². The topological polar surface area (TPSA) is 26.0 Å². The summed E-state index contributed by atoms with van der Waals surface area (Å²) < 4.78 is 38.6. The first kappa shape index (κ1) is 17.7. The van der Waals surface area contributed by atoms with Gasteiger partial charge >= 0.3 is 6.18 Å². The number of hydrogen-bond donors (Lipinski definition) is 1. The van der Waals surface area contributed by atoms with Crippen molar-refractivity contribution in [1.29, 1.82) is 0 Å². The Kier molecular flexibility index (Phi) is 5.49. The molecule has 1 nitrogen and oxygen atoms in total. The number of nitrogens with two attached hydrogens (primary N) is 1. The van der Waals surface area contributed by atoms with Crippen LogP contribution in [0, 0.1) is 0 Å². The molecule has 2 rings (SSSR count). The van der Waals surface area contributed by atoms with E-state index in [1.807, 2.05) is 0 Å². The van der Waals surface area contributed by atoms with Gasteiger partial charge < -0.3 is 5.73 Å². The monoisotopic (exact) mass is 369 g/mol. The Morgan fingerprint density at radius 1 is 1.18 bits per heavy atom. The zero-order valence-electron chi connectivity index (χ0n) is 11.3.